The molecule has 7 heteroatoms. The molecule has 0 atom stereocenters. The van der Waals surface area contributed by atoms with Crippen LogP contribution < -0.4 is 11.1 Å². The number of amides is 1. The van der Waals surface area contributed by atoms with Gasteiger partial charge in [-0.25, -0.2) is 0 Å². The van der Waals surface area contributed by atoms with Gasteiger partial charge in [-0.15, -0.1) is 0 Å². The zero-order chi connectivity index (χ0) is 15.6. The number of rotatable bonds is 3. The number of nitrogens with two attached hydrogens (primary N) is 1. The molecule has 1 amide bonds. The maximum atomic E-state index is 12.2. The fourth-order valence-electron chi connectivity index (χ4n) is 1.80. The Kier molecular flexibility index (Phi) is 4.23. The summed E-state index contributed by atoms with van der Waals surface area (Å²) < 4.78 is 0.294. The molecule has 3 N–H and O–H groups in total. The van der Waals surface area contributed by atoms with Gasteiger partial charge in [-0.05, 0) is 47.1 Å². The third-order valence-corrected chi connectivity index (χ3v) is 3.49. The van der Waals surface area contributed by atoms with Crippen LogP contribution in [0.25, 0.3) is 0 Å². The van der Waals surface area contributed by atoms with Crippen molar-refractivity contribution in [1.82, 2.24) is 0 Å². The standard InChI is InChI=1S/C14H12BrN3O3/c1-8-2-4-12(16)10(6-8)14(19)17-9-3-5-13(18(20)21)11(15)7-9/h2-7H,16H2,1H3,(H,17,19). The summed E-state index contributed by atoms with van der Waals surface area (Å²) >= 11 is 3.10. The van der Waals surface area contributed by atoms with Crippen molar-refractivity contribution in [2.75, 3.05) is 11.1 Å². The number of halogens is 1. The Balaban J connectivity index is 2.26. The summed E-state index contributed by atoms with van der Waals surface area (Å²) in [7, 11) is 0. The van der Waals surface area contributed by atoms with E-state index in [1.54, 1.807) is 12.1 Å². The fraction of sp³-hybridized carbons (Fsp3) is 0.0714. The molecule has 0 aliphatic heterocycles. The number of nitro benzene ring substituents is 1. The van der Waals surface area contributed by atoms with Crippen LogP contribution in [0.15, 0.2) is 40.9 Å². The summed E-state index contributed by atoms with van der Waals surface area (Å²) in [5.74, 6) is -0.364. The number of anilines is 2. The number of nitrogens with one attached hydrogen (secondary N) is 1. The van der Waals surface area contributed by atoms with E-state index in [0.29, 0.717) is 21.4 Å². The number of nitrogen functional groups attached to an aromatic ring is 1. The summed E-state index contributed by atoms with van der Waals surface area (Å²) in [4.78, 5) is 22.4. The van der Waals surface area contributed by atoms with Crippen molar-refractivity contribution in [3.63, 3.8) is 0 Å². The molecule has 0 fully saturated rings. The van der Waals surface area contributed by atoms with Crippen molar-refractivity contribution in [3.8, 4) is 0 Å². The summed E-state index contributed by atoms with van der Waals surface area (Å²) in [5, 5.41) is 13.4. The number of nitro groups is 1. The molecule has 0 unspecified atom stereocenters. The lowest BCUT2D eigenvalue weighted by molar-refractivity contribution is -0.385. The Labute approximate surface area is 129 Å². The molecule has 2 aromatic carbocycles. The van der Waals surface area contributed by atoms with E-state index in [9.17, 15) is 14.9 Å². The van der Waals surface area contributed by atoms with Crippen molar-refractivity contribution < 1.29 is 9.72 Å². The Morgan fingerprint density at radius 3 is 2.62 bits per heavy atom. The van der Waals surface area contributed by atoms with Gasteiger partial charge in [0.25, 0.3) is 11.6 Å². The average molecular weight is 350 g/mol. The lowest BCUT2D eigenvalue weighted by Gasteiger charge is -2.09. The molecule has 0 heterocycles. The van der Waals surface area contributed by atoms with Gasteiger partial charge < -0.3 is 11.1 Å². The molecular weight excluding hydrogens is 338 g/mol. The van der Waals surface area contributed by atoms with Gasteiger partial charge in [-0.2, -0.15) is 0 Å². The maximum absolute atomic E-state index is 12.2. The first-order valence-corrected chi connectivity index (χ1v) is 6.79. The monoisotopic (exact) mass is 349 g/mol. The number of benzene rings is 2. The summed E-state index contributed by atoms with van der Waals surface area (Å²) in [5.41, 5.74) is 7.81. The van der Waals surface area contributed by atoms with Gasteiger partial charge in [0.05, 0.1) is 15.0 Å². The van der Waals surface area contributed by atoms with Crippen LogP contribution in [0.5, 0.6) is 0 Å². The molecule has 0 radical (unpaired) electrons. The lowest BCUT2D eigenvalue weighted by atomic mass is 10.1. The van der Waals surface area contributed by atoms with Gasteiger partial charge in [-0.1, -0.05) is 11.6 Å². The molecule has 2 rings (SSSR count). The van der Waals surface area contributed by atoms with E-state index in [0.717, 1.165) is 5.56 Å². The second-order valence-electron chi connectivity index (χ2n) is 4.47. The van der Waals surface area contributed by atoms with E-state index in [1.165, 1.54) is 18.2 Å². The summed E-state index contributed by atoms with van der Waals surface area (Å²) in [6.07, 6.45) is 0. The van der Waals surface area contributed by atoms with E-state index in [2.05, 4.69) is 21.2 Å². The van der Waals surface area contributed by atoms with Crippen LogP contribution in [0, 0.1) is 17.0 Å². The molecule has 108 valence electrons. The van der Waals surface area contributed by atoms with E-state index < -0.39 is 4.92 Å². The second kappa shape index (κ2) is 5.92. The number of carbonyl (C=O) groups is 1. The van der Waals surface area contributed by atoms with Gasteiger partial charge in [0.15, 0.2) is 0 Å². The highest BCUT2D eigenvalue weighted by atomic mass is 79.9. The molecule has 0 bridgehead atoms. The van der Waals surface area contributed by atoms with Crippen LogP contribution in [0.3, 0.4) is 0 Å². The zero-order valence-electron chi connectivity index (χ0n) is 11.1. The molecule has 0 aliphatic rings. The first kappa shape index (κ1) is 15.0. The Bertz CT molecular complexity index is 731. The zero-order valence-corrected chi connectivity index (χ0v) is 12.7. The van der Waals surface area contributed by atoms with Crippen molar-refractivity contribution >= 4 is 38.9 Å². The average Bonchev–Trinajstić information content (AvgIpc) is 2.41. The van der Waals surface area contributed by atoms with Crippen LogP contribution in [0.1, 0.15) is 15.9 Å². The maximum Gasteiger partial charge on any atom is 0.283 e. The molecule has 21 heavy (non-hydrogen) atoms. The predicted octanol–water partition coefficient (Wildman–Crippen LogP) is 3.50. The van der Waals surface area contributed by atoms with E-state index in [4.69, 9.17) is 5.73 Å². The third kappa shape index (κ3) is 3.38. The van der Waals surface area contributed by atoms with Crippen LogP contribution in [-0.2, 0) is 0 Å². The molecular formula is C14H12BrN3O3. The topological polar surface area (TPSA) is 98.3 Å². The molecule has 0 saturated heterocycles. The van der Waals surface area contributed by atoms with Crippen molar-refractivity contribution in [3.05, 3.63) is 62.1 Å². The number of nitrogens with zero attached hydrogens (tertiary/aromatic N) is 1. The Morgan fingerprint density at radius 2 is 2.00 bits per heavy atom. The largest absolute Gasteiger partial charge is 0.398 e. The van der Waals surface area contributed by atoms with Crippen LogP contribution in [-0.4, -0.2) is 10.8 Å². The SMILES string of the molecule is Cc1ccc(N)c(C(=O)Nc2ccc([N+](=O)[O-])c(Br)c2)c1. The predicted molar refractivity (Wildman–Crippen MR) is 84.3 cm³/mol. The highest BCUT2D eigenvalue weighted by Gasteiger charge is 2.14. The number of aryl methyl sites for hydroxylation is 1. The van der Waals surface area contributed by atoms with E-state index in [-0.39, 0.29) is 11.6 Å². The number of hydrogen-bond acceptors (Lipinski definition) is 4. The molecule has 0 spiro atoms. The van der Waals surface area contributed by atoms with Crippen molar-refractivity contribution in [1.29, 1.82) is 0 Å². The summed E-state index contributed by atoms with van der Waals surface area (Å²) in [6.45, 7) is 1.86. The Hall–Kier alpha value is -2.41. The highest BCUT2D eigenvalue weighted by Crippen LogP contribution is 2.28. The molecule has 0 aromatic heterocycles. The van der Waals surface area contributed by atoms with Crippen molar-refractivity contribution in [2.24, 2.45) is 0 Å². The smallest absolute Gasteiger partial charge is 0.283 e. The first-order chi connectivity index (χ1) is 9.88. The summed E-state index contributed by atoms with van der Waals surface area (Å²) in [6, 6.07) is 9.42. The molecule has 2 aromatic rings. The van der Waals surface area contributed by atoms with Gasteiger partial charge in [-0.3, -0.25) is 14.9 Å². The highest BCUT2D eigenvalue weighted by molar-refractivity contribution is 9.10. The lowest BCUT2D eigenvalue weighted by Crippen LogP contribution is -2.14. The minimum atomic E-state index is -0.506. The van der Waals surface area contributed by atoms with Gasteiger partial charge in [0.2, 0.25) is 0 Å². The number of carbonyl (C=O) groups excluding carboxylic acids is 1. The van der Waals surface area contributed by atoms with Crippen LogP contribution >= 0.6 is 15.9 Å². The normalized spacial score (nSPS) is 10.2. The first-order valence-electron chi connectivity index (χ1n) is 6.00. The number of hydrogen-bond donors (Lipinski definition) is 2. The van der Waals surface area contributed by atoms with E-state index in [1.807, 2.05) is 13.0 Å². The van der Waals surface area contributed by atoms with Gasteiger partial charge >= 0.3 is 0 Å². The van der Waals surface area contributed by atoms with Crippen LogP contribution in [0.4, 0.5) is 17.1 Å². The minimum Gasteiger partial charge on any atom is -0.398 e. The van der Waals surface area contributed by atoms with Gasteiger partial charge in [0, 0.05) is 17.4 Å². The molecule has 0 aliphatic carbocycles. The molecule has 0 saturated carbocycles. The van der Waals surface area contributed by atoms with E-state index >= 15 is 0 Å². The van der Waals surface area contributed by atoms with Crippen LogP contribution in [0.2, 0.25) is 0 Å². The Morgan fingerprint density at radius 1 is 1.29 bits per heavy atom. The van der Waals surface area contributed by atoms with Crippen molar-refractivity contribution in [2.45, 2.75) is 6.92 Å². The second-order valence-corrected chi connectivity index (χ2v) is 5.32. The van der Waals surface area contributed by atoms with Gasteiger partial charge in [0.1, 0.15) is 0 Å². The minimum absolute atomic E-state index is 0.0666. The fourth-order valence-corrected chi connectivity index (χ4v) is 2.32. The quantitative estimate of drug-likeness (QED) is 0.503. The third-order valence-electron chi connectivity index (χ3n) is 2.86. The molecule has 6 nitrogen and oxygen atoms in total.